The summed E-state index contributed by atoms with van der Waals surface area (Å²) in [5.41, 5.74) is 0. The van der Waals surface area contributed by atoms with Gasteiger partial charge in [-0.25, -0.2) is 0 Å². The molecule has 0 aromatic heterocycles. The number of methoxy groups -OCH3 is 1. The van der Waals surface area contributed by atoms with Gasteiger partial charge in [-0.05, 0) is 32.9 Å². The quantitative estimate of drug-likeness (QED) is 0.789. The first-order valence-corrected chi connectivity index (χ1v) is 7.30. The molecule has 0 aliphatic rings. The van der Waals surface area contributed by atoms with Gasteiger partial charge in [0.25, 0.3) is 5.91 Å². The molecule has 22 heavy (non-hydrogen) atoms. The van der Waals surface area contributed by atoms with E-state index in [1.54, 1.807) is 25.3 Å². The molecule has 0 bridgehead atoms. The van der Waals surface area contributed by atoms with Crippen LogP contribution in [0.1, 0.15) is 20.8 Å². The highest BCUT2D eigenvalue weighted by atomic mass is 16.5. The van der Waals surface area contributed by atoms with Crippen molar-refractivity contribution in [2.24, 2.45) is 0 Å². The SMILES string of the molecule is CCN(CC(=O)NC(C)C)C(=O)COc1ccccc1OC. The standard InChI is InChI=1S/C16H24N2O4/c1-5-18(10-15(19)17-12(2)3)16(20)11-22-14-9-7-6-8-13(14)21-4/h6-9,12H,5,10-11H2,1-4H3,(H,17,19). The second-order valence-electron chi connectivity index (χ2n) is 5.07. The third-order valence-corrected chi connectivity index (χ3v) is 2.94. The molecule has 1 N–H and O–H groups in total. The molecular weight excluding hydrogens is 284 g/mol. The van der Waals surface area contributed by atoms with E-state index in [1.165, 1.54) is 4.90 Å². The summed E-state index contributed by atoms with van der Waals surface area (Å²) in [6, 6.07) is 7.16. The van der Waals surface area contributed by atoms with Gasteiger partial charge in [-0.1, -0.05) is 12.1 Å². The van der Waals surface area contributed by atoms with Crippen LogP contribution in [-0.4, -0.2) is 49.6 Å². The van der Waals surface area contributed by atoms with Gasteiger partial charge in [-0.15, -0.1) is 0 Å². The van der Waals surface area contributed by atoms with Crippen LogP contribution in [0, 0.1) is 0 Å². The van der Waals surface area contributed by atoms with Gasteiger partial charge in [0.1, 0.15) is 0 Å². The van der Waals surface area contributed by atoms with Crippen molar-refractivity contribution in [3.63, 3.8) is 0 Å². The van der Waals surface area contributed by atoms with E-state index < -0.39 is 0 Å². The minimum absolute atomic E-state index is 0.0306. The summed E-state index contributed by atoms with van der Waals surface area (Å²) in [4.78, 5) is 25.3. The molecule has 0 aliphatic heterocycles. The Morgan fingerprint density at radius 1 is 1.23 bits per heavy atom. The number of nitrogens with zero attached hydrogens (tertiary/aromatic N) is 1. The maximum Gasteiger partial charge on any atom is 0.260 e. The van der Waals surface area contributed by atoms with Crippen molar-refractivity contribution < 1.29 is 19.1 Å². The maximum atomic E-state index is 12.1. The highest BCUT2D eigenvalue weighted by Crippen LogP contribution is 2.25. The van der Waals surface area contributed by atoms with Gasteiger partial charge in [0.05, 0.1) is 13.7 Å². The fourth-order valence-electron chi connectivity index (χ4n) is 1.89. The fraction of sp³-hybridized carbons (Fsp3) is 0.500. The minimum Gasteiger partial charge on any atom is -0.493 e. The van der Waals surface area contributed by atoms with Gasteiger partial charge < -0.3 is 19.7 Å². The van der Waals surface area contributed by atoms with Crippen LogP contribution in [0.2, 0.25) is 0 Å². The number of rotatable bonds is 8. The van der Waals surface area contributed by atoms with Crippen molar-refractivity contribution in [3.05, 3.63) is 24.3 Å². The predicted molar refractivity (Wildman–Crippen MR) is 84.0 cm³/mol. The van der Waals surface area contributed by atoms with E-state index in [1.807, 2.05) is 26.8 Å². The molecule has 0 atom stereocenters. The molecular formula is C16H24N2O4. The van der Waals surface area contributed by atoms with E-state index in [2.05, 4.69) is 5.32 Å². The van der Waals surface area contributed by atoms with Crippen LogP contribution in [-0.2, 0) is 9.59 Å². The normalized spacial score (nSPS) is 10.2. The van der Waals surface area contributed by atoms with E-state index in [0.29, 0.717) is 18.0 Å². The number of amides is 2. The second kappa shape index (κ2) is 8.92. The second-order valence-corrected chi connectivity index (χ2v) is 5.07. The van der Waals surface area contributed by atoms with E-state index in [0.717, 1.165) is 0 Å². The molecule has 2 amide bonds. The number of hydrogen-bond donors (Lipinski definition) is 1. The number of likely N-dealkylation sites (N-methyl/N-ethyl adjacent to an activating group) is 1. The molecule has 1 aromatic rings. The lowest BCUT2D eigenvalue weighted by molar-refractivity contribution is -0.137. The largest absolute Gasteiger partial charge is 0.493 e. The van der Waals surface area contributed by atoms with Crippen molar-refractivity contribution in [1.29, 1.82) is 0 Å². The lowest BCUT2D eigenvalue weighted by atomic mass is 10.3. The summed E-state index contributed by atoms with van der Waals surface area (Å²) in [5.74, 6) is 0.645. The summed E-state index contributed by atoms with van der Waals surface area (Å²) in [6.45, 7) is 5.91. The van der Waals surface area contributed by atoms with Crippen LogP contribution < -0.4 is 14.8 Å². The maximum absolute atomic E-state index is 12.1. The van der Waals surface area contributed by atoms with Gasteiger partial charge in [0, 0.05) is 12.6 Å². The molecule has 0 radical (unpaired) electrons. The third kappa shape index (κ3) is 5.63. The number of nitrogens with one attached hydrogen (secondary N) is 1. The molecule has 0 spiro atoms. The molecule has 0 saturated heterocycles. The van der Waals surface area contributed by atoms with E-state index in [-0.39, 0.29) is 31.0 Å². The molecule has 6 nitrogen and oxygen atoms in total. The van der Waals surface area contributed by atoms with Crippen LogP contribution in [0.3, 0.4) is 0 Å². The smallest absolute Gasteiger partial charge is 0.260 e. The van der Waals surface area contributed by atoms with E-state index in [4.69, 9.17) is 9.47 Å². The van der Waals surface area contributed by atoms with Crippen molar-refractivity contribution in [3.8, 4) is 11.5 Å². The highest BCUT2D eigenvalue weighted by molar-refractivity contribution is 5.85. The van der Waals surface area contributed by atoms with Crippen molar-refractivity contribution in [2.45, 2.75) is 26.8 Å². The molecule has 6 heteroatoms. The van der Waals surface area contributed by atoms with Crippen LogP contribution >= 0.6 is 0 Å². The minimum atomic E-state index is -0.243. The molecule has 0 aliphatic carbocycles. The summed E-state index contributed by atoms with van der Waals surface area (Å²) in [6.07, 6.45) is 0. The molecule has 0 heterocycles. The zero-order chi connectivity index (χ0) is 16.5. The Bertz CT molecular complexity index is 503. The van der Waals surface area contributed by atoms with Crippen LogP contribution in [0.5, 0.6) is 11.5 Å². The molecule has 0 fully saturated rings. The fourth-order valence-corrected chi connectivity index (χ4v) is 1.89. The zero-order valence-electron chi connectivity index (χ0n) is 13.6. The zero-order valence-corrected chi connectivity index (χ0v) is 13.6. The molecule has 0 unspecified atom stereocenters. The Morgan fingerprint density at radius 3 is 2.41 bits per heavy atom. The van der Waals surface area contributed by atoms with Crippen molar-refractivity contribution in [1.82, 2.24) is 10.2 Å². The Labute approximate surface area is 131 Å². The highest BCUT2D eigenvalue weighted by Gasteiger charge is 2.17. The third-order valence-electron chi connectivity index (χ3n) is 2.94. The van der Waals surface area contributed by atoms with Crippen molar-refractivity contribution >= 4 is 11.8 Å². The summed E-state index contributed by atoms with van der Waals surface area (Å²) >= 11 is 0. The van der Waals surface area contributed by atoms with Gasteiger partial charge in [0.2, 0.25) is 5.91 Å². The number of carbonyl (C=O) groups is 2. The summed E-state index contributed by atoms with van der Waals surface area (Å²) < 4.78 is 10.6. The molecule has 0 saturated carbocycles. The number of hydrogen-bond acceptors (Lipinski definition) is 4. The van der Waals surface area contributed by atoms with E-state index in [9.17, 15) is 9.59 Å². The van der Waals surface area contributed by atoms with Crippen LogP contribution in [0.4, 0.5) is 0 Å². The lowest BCUT2D eigenvalue weighted by Crippen LogP contribution is -2.44. The van der Waals surface area contributed by atoms with Gasteiger partial charge in [-0.3, -0.25) is 9.59 Å². The molecule has 1 aromatic carbocycles. The average molecular weight is 308 g/mol. The van der Waals surface area contributed by atoms with Crippen molar-refractivity contribution in [2.75, 3.05) is 26.8 Å². The average Bonchev–Trinajstić information content (AvgIpc) is 2.49. The van der Waals surface area contributed by atoms with Crippen LogP contribution in [0.25, 0.3) is 0 Å². The number of benzene rings is 1. The molecule has 122 valence electrons. The lowest BCUT2D eigenvalue weighted by Gasteiger charge is -2.21. The monoisotopic (exact) mass is 308 g/mol. The predicted octanol–water partition coefficient (Wildman–Crippen LogP) is 1.45. The molecule has 1 rings (SSSR count). The summed E-state index contributed by atoms with van der Waals surface area (Å²) in [7, 11) is 1.54. The Hall–Kier alpha value is -2.24. The number of ether oxygens (including phenoxy) is 2. The van der Waals surface area contributed by atoms with Gasteiger partial charge in [-0.2, -0.15) is 0 Å². The van der Waals surface area contributed by atoms with Gasteiger partial charge in [0.15, 0.2) is 18.1 Å². The summed E-state index contributed by atoms with van der Waals surface area (Å²) in [5, 5.41) is 2.76. The van der Waals surface area contributed by atoms with Gasteiger partial charge >= 0.3 is 0 Å². The Kier molecular flexibility index (Phi) is 7.22. The first kappa shape index (κ1) is 17.8. The Morgan fingerprint density at radius 2 is 1.86 bits per heavy atom. The first-order chi connectivity index (χ1) is 10.5. The van der Waals surface area contributed by atoms with E-state index >= 15 is 0 Å². The topological polar surface area (TPSA) is 67.9 Å². The number of carbonyl (C=O) groups excluding carboxylic acids is 2. The first-order valence-electron chi connectivity index (χ1n) is 7.30. The Balaban J connectivity index is 2.56. The number of para-hydroxylation sites is 2. The van der Waals surface area contributed by atoms with Crippen LogP contribution in [0.15, 0.2) is 24.3 Å².